The molecule has 0 bridgehead atoms. The number of ether oxygens (including phenoxy) is 2. The molecule has 0 saturated carbocycles. The van der Waals surface area contributed by atoms with Crippen molar-refractivity contribution >= 4 is 55.7 Å². The number of hydrogen-bond donors (Lipinski definition) is 0. The Morgan fingerprint density at radius 3 is 0.938 bits per heavy atom. The lowest BCUT2D eigenvalue weighted by Crippen LogP contribution is -2.13. The first-order valence-electron chi connectivity index (χ1n) is 22.1. The molecule has 0 aliphatic heterocycles. The monoisotopic (exact) mass is 836 g/mol. The SMILES string of the molecule is COc1ccc(-c2c(-c3ccc(OC)cc3)c3ccc(N(c4ccccc4)c4ccc(C(C)(C)C)cc4)cc3c3cc(N(c4ccccc4)c4ccc(C(C)(C)C)cc4)ccc23)cc1. The number of para-hydroxylation sites is 2. The van der Waals surface area contributed by atoms with E-state index in [0.29, 0.717) is 0 Å². The maximum atomic E-state index is 5.66. The predicted molar refractivity (Wildman–Crippen MR) is 272 cm³/mol. The standard InChI is InChI=1S/C60H56N2O2/c1-59(2,3)43-23-27-47(28-24-43)61(45-15-11-9-12-16-45)49-31-37-53-55(39-49)56-40-50(62(46-17-13-10-14-18-46)48-29-25-44(26-30-48)60(4,5)6)32-38-54(56)58(42-21-35-52(64-8)36-22-42)57(53)41-19-33-51(63-7)34-20-41/h9-40H,1-8H3. The number of rotatable bonds is 10. The van der Waals surface area contributed by atoms with E-state index in [1.807, 2.05) is 0 Å². The van der Waals surface area contributed by atoms with Crippen LogP contribution in [0.3, 0.4) is 0 Å². The maximum Gasteiger partial charge on any atom is 0.118 e. The van der Waals surface area contributed by atoms with Gasteiger partial charge in [0, 0.05) is 34.1 Å². The lowest BCUT2D eigenvalue weighted by Gasteiger charge is -2.29. The number of fused-ring (bicyclic) bond motifs is 3. The highest BCUT2D eigenvalue weighted by molar-refractivity contribution is 6.23. The summed E-state index contributed by atoms with van der Waals surface area (Å²) in [4.78, 5) is 4.75. The van der Waals surface area contributed by atoms with Gasteiger partial charge in [0.2, 0.25) is 0 Å². The van der Waals surface area contributed by atoms with E-state index in [2.05, 4.69) is 245 Å². The molecule has 0 unspecified atom stereocenters. The molecule has 0 saturated heterocycles. The summed E-state index contributed by atoms with van der Waals surface area (Å²) in [5.74, 6) is 1.64. The van der Waals surface area contributed by atoms with Gasteiger partial charge in [-0.25, -0.2) is 0 Å². The molecule has 64 heavy (non-hydrogen) atoms. The molecule has 0 heterocycles. The Hall–Kier alpha value is -7.30. The van der Waals surface area contributed by atoms with Crippen molar-refractivity contribution in [3.05, 3.63) is 205 Å². The van der Waals surface area contributed by atoms with Crippen LogP contribution >= 0.6 is 0 Å². The average molecular weight is 837 g/mol. The van der Waals surface area contributed by atoms with Crippen molar-refractivity contribution in [1.82, 2.24) is 0 Å². The molecular weight excluding hydrogens is 781 g/mol. The minimum Gasteiger partial charge on any atom is -0.497 e. The first kappa shape index (κ1) is 42.0. The maximum absolute atomic E-state index is 5.66. The van der Waals surface area contributed by atoms with Crippen molar-refractivity contribution in [1.29, 1.82) is 0 Å². The summed E-state index contributed by atoms with van der Waals surface area (Å²) >= 11 is 0. The molecule has 0 aliphatic rings. The molecule has 0 N–H and O–H groups in total. The van der Waals surface area contributed by atoms with E-state index >= 15 is 0 Å². The van der Waals surface area contributed by atoms with Crippen LogP contribution in [0.25, 0.3) is 43.8 Å². The zero-order chi connectivity index (χ0) is 44.6. The van der Waals surface area contributed by atoms with Crippen molar-refractivity contribution < 1.29 is 9.47 Å². The summed E-state index contributed by atoms with van der Waals surface area (Å²) in [6.45, 7) is 13.6. The molecule has 0 aliphatic carbocycles. The van der Waals surface area contributed by atoms with E-state index in [4.69, 9.17) is 9.47 Å². The molecule has 9 aromatic carbocycles. The Bertz CT molecular complexity index is 2820. The van der Waals surface area contributed by atoms with Crippen LogP contribution in [-0.2, 0) is 10.8 Å². The molecule has 0 radical (unpaired) electrons. The van der Waals surface area contributed by atoms with Crippen molar-refractivity contribution in [2.24, 2.45) is 0 Å². The first-order valence-corrected chi connectivity index (χ1v) is 22.1. The fourth-order valence-corrected chi connectivity index (χ4v) is 8.88. The van der Waals surface area contributed by atoms with Gasteiger partial charge >= 0.3 is 0 Å². The van der Waals surface area contributed by atoms with Gasteiger partial charge in [0.1, 0.15) is 11.5 Å². The molecule has 0 atom stereocenters. The van der Waals surface area contributed by atoms with Gasteiger partial charge in [-0.05, 0) is 163 Å². The van der Waals surface area contributed by atoms with Crippen molar-refractivity contribution in [3.8, 4) is 33.8 Å². The molecule has 318 valence electrons. The van der Waals surface area contributed by atoms with Gasteiger partial charge in [0.15, 0.2) is 0 Å². The lowest BCUT2D eigenvalue weighted by molar-refractivity contribution is 0.414. The fraction of sp³-hybridized carbons (Fsp3) is 0.167. The number of anilines is 6. The van der Waals surface area contributed by atoms with Crippen LogP contribution < -0.4 is 19.3 Å². The number of methoxy groups -OCH3 is 2. The molecular formula is C60H56N2O2. The van der Waals surface area contributed by atoms with Crippen molar-refractivity contribution in [2.75, 3.05) is 24.0 Å². The predicted octanol–water partition coefficient (Wildman–Crippen LogP) is 16.9. The third kappa shape index (κ3) is 8.20. The molecule has 9 aromatic rings. The van der Waals surface area contributed by atoms with E-state index in [-0.39, 0.29) is 10.8 Å². The topological polar surface area (TPSA) is 24.9 Å². The molecule has 0 amide bonds. The van der Waals surface area contributed by atoms with E-state index in [1.165, 1.54) is 11.1 Å². The smallest absolute Gasteiger partial charge is 0.118 e. The zero-order valence-electron chi connectivity index (χ0n) is 38.2. The lowest BCUT2D eigenvalue weighted by atomic mass is 9.84. The normalized spacial score (nSPS) is 11.8. The Labute approximate surface area is 379 Å². The van der Waals surface area contributed by atoms with Gasteiger partial charge < -0.3 is 19.3 Å². The number of hydrogen-bond acceptors (Lipinski definition) is 4. The second-order valence-corrected chi connectivity index (χ2v) is 18.6. The number of benzene rings is 9. The van der Waals surface area contributed by atoms with Gasteiger partial charge in [-0.3, -0.25) is 0 Å². The van der Waals surface area contributed by atoms with Crippen LogP contribution in [0.15, 0.2) is 194 Å². The summed E-state index contributed by atoms with van der Waals surface area (Å²) in [5.41, 5.74) is 13.7. The summed E-state index contributed by atoms with van der Waals surface area (Å²) in [6, 6.07) is 70.4. The largest absolute Gasteiger partial charge is 0.497 e. The highest BCUT2D eigenvalue weighted by Gasteiger charge is 2.23. The van der Waals surface area contributed by atoms with Crippen LogP contribution in [0.2, 0.25) is 0 Å². The molecule has 0 spiro atoms. The summed E-state index contributed by atoms with van der Waals surface area (Å²) < 4.78 is 11.3. The van der Waals surface area contributed by atoms with Crippen LogP contribution in [0.5, 0.6) is 11.5 Å². The Balaban J connectivity index is 1.37. The van der Waals surface area contributed by atoms with E-state index in [1.54, 1.807) is 14.2 Å². The van der Waals surface area contributed by atoms with Gasteiger partial charge in [-0.1, -0.05) is 139 Å². The third-order valence-corrected chi connectivity index (χ3v) is 12.4. The number of nitrogens with zero attached hydrogens (tertiary/aromatic N) is 2. The summed E-state index contributed by atoms with van der Waals surface area (Å²) in [6.07, 6.45) is 0. The van der Waals surface area contributed by atoms with E-state index in [9.17, 15) is 0 Å². The molecule has 0 fully saturated rings. The third-order valence-electron chi connectivity index (χ3n) is 12.4. The van der Waals surface area contributed by atoms with E-state index in [0.717, 1.165) is 89.4 Å². The van der Waals surface area contributed by atoms with Gasteiger partial charge in [-0.2, -0.15) is 0 Å². The van der Waals surface area contributed by atoms with Crippen LogP contribution in [-0.4, -0.2) is 14.2 Å². The van der Waals surface area contributed by atoms with E-state index < -0.39 is 0 Å². The fourth-order valence-electron chi connectivity index (χ4n) is 8.88. The van der Waals surface area contributed by atoms with Crippen LogP contribution in [0, 0.1) is 0 Å². The van der Waals surface area contributed by atoms with Gasteiger partial charge in [-0.15, -0.1) is 0 Å². The molecule has 9 rings (SSSR count). The Kier molecular flexibility index (Phi) is 11.2. The zero-order valence-corrected chi connectivity index (χ0v) is 38.2. The summed E-state index contributed by atoms with van der Waals surface area (Å²) in [7, 11) is 3.43. The second-order valence-electron chi connectivity index (χ2n) is 18.6. The Morgan fingerprint density at radius 1 is 0.312 bits per heavy atom. The van der Waals surface area contributed by atoms with Crippen molar-refractivity contribution in [3.63, 3.8) is 0 Å². The van der Waals surface area contributed by atoms with Crippen molar-refractivity contribution in [2.45, 2.75) is 52.4 Å². The highest BCUT2D eigenvalue weighted by atomic mass is 16.5. The quantitative estimate of drug-likeness (QED) is 0.128. The summed E-state index contributed by atoms with van der Waals surface area (Å²) in [5, 5.41) is 4.61. The molecule has 0 aromatic heterocycles. The molecule has 4 heteroatoms. The second kappa shape index (κ2) is 17.1. The average Bonchev–Trinajstić information content (AvgIpc) is 3.32. The Morgan fingerprint density at radius 2 is 0.625 bits per heavy atom. The molecule has 4 nitrogen and oxygen atoms in total. The minimum atomic E-state index is 0.0391. The first-order chi connectivity index (χ1) is 30.9. The minimum absolute atomic E-state index is 0.0391. The van der Waals surface area contributed by atoms with Gasteiger partial charge in [0.25, 0.3) is 0 Å². The van der Waals surface area contributed by atoms with Crippen LogP contribution in [0.1, 0.15) is 52.7 Å². The van der Waals surface area contributed by atoms with Crippen LogP contribution in [0.4, 0.5) is 34.1 Å². The highest BCUT2D eigenvalue weighted by Crippen LogP contribution is 2.49. The van der Waals surface area contributed by atoms with Gasteiger partial charge in [0.05, 0.1) is 14.2 Å².